The summed E-state index contributed by atoms with van der Waals surface area (Å²) in [6.07, 6.45) is 0.139. The highest BCUT2D eigenvalue weighted by molar-refractivity contribution is 9.10. The van der Waals surface area contributed by atoms with Gasteiger partial charge in [-0.1, -0.05) is 41.1 Å². The predicted octanol–water partition coefficient (Wildman–Crippen LogP) is 3.88. The Morgan fingerprint density at radius 3 is 2.46 bits per heavy atom. The lowest BCUT2D eigenvalue weighted by Gasteiger charge is -2.22. The molecule has 2 aromatic rings. The Morgan fingerprint density at radius 2 is 1.81 bits per heavy atom. The van der Waals surface area contributed by atoms with E-state index in [2.05, 4.69) is 21.2 Å². The molecule has 0 aromatic heterocycles. The van der Waals surface area contributed by atoms with Crippen LogP contribution in [0.2, 0.25) is 0 Å². The van der Waals surface area contributed by atoms with E-state index < -0.39 is 6.10 Å². The van der Waals surface area contributed by atoms with Crippen LogP contribution in [0.25, 0.3) is 0 Å². The lowest BCUT2D eigenvalue weighted by atomic mass is 10.1. The number of para-hydroxylation sites is 1. The molecule has 1 atom stereocenters. The summed E-state index contributed by atoms with van der Waals surface area (Å²) in [4.78, 5) is 26.1. The molecule has 0 spiro atoms. The van der Waals surface area contributed by atoms with E-state index in [-0.39, 0.29) is 18.4 Å². The first-order valence-corrected chi connectivity index (χ1v) is 9.25. The molecule has 1 N–H and O–H groups in total. The maximum atomic E-state index is 12.4. The fourth-order valence-corrected chi connectivity index (χ4v) is 2.78. The van der Waals surface area contributed by atoms with E-state index in [1.165, 1.54) is 4.90 Å². The van der Waals surface area contributed by atoms with Gasteiger partial charge in [0.25, 0.3) is 5.91 Å². The average molecular weight is 419 g/mol. The van der Waals surface area contributed by atoms with Crippen molar-refractivity contribution in [3.63, 3.8) is 0 Å². The topological polar surface area (TPSA) is 58.6 Å². The molecule has 1 unspecified atom stereocenters. The number of carbonyl (C=O) groups is 2. The third-order valence-corrected chi connectivity index (χ3v) is 4.43. The van der Waals surface area contributed by atoms with Gasteiger partial charge in [0.15, 0.2) is 6.10 Å². The number of hydrogen-bond donors (Lipinski definition) is 1. The Labute approximate surface area is 162 Å². The minimum Gasteiger partial charge on any atom is -0.481 e. The minimum absolute atomic E-state index is 0.0368. The SMILES string of the molecule is CCc1ccccc1NC(=O)CN(C)C(=O)C(C)Oc1ccc(Br)cc1. The van der Waals surface area contributed by atoms with Crippen LogP contribution < -0.4 is 10.1 Å². The van der Waals surface area contributed by atoms with Gasteiger partial charge in [0.05, 0.1) is 6.54 Å². The standard InChI is InChI=1S/C20H23BrN2O3/c1-4-15-7-5-6-8-18(15)22-19(24)13-23(3)20(25)14(2)26-17-11-9-16(21)10-12-17/h5-12,14H,4,13H2,1-3H3,(H,22,24). The molecule has 138 valence electrons. The summed E-state index contributed by atoms with van der Waals surface area (Å²) in [7, 11) is 1.59. The van der Waals surface area contributed by atoms with Crippen LogP contribution in [0.4, 0.5) is 5.69 Å². The van der Waals surface area contributed by atoms with E-state index in [1.54, 1.807) is 26.1 Å². The summed E-state index contributed by atoms with van der Waals surface area (Å²) < 4.78 is 6.58. The summed E-state index contributed by atoms with van der Waals surface area (Å²) in [5.41, 5.74) is 1.83. The zero-order valence-electron chi connectivity index (χ0n) is 15.2. The number of amides is 2. The largest absolute Gasteiger partial charge is 0.481 e. The molecule has 0 aliphatic heterocycles. The van der Waals surface area contributed by atoms with Crippen molar-refractivity contribution in [3.05, 3.63) is 58.6 Å². The van der Waals surface area contributed by atoms with Gasteiger partial charge in [0.1, 0.15) is 5.75 Å². The lowest BCUT2D eigenvalue weighted by molar-refractivity contribution is -0.139. The Bertz CT molecular complexity index is 762. The summed E-state index contributed by atoms with van der Waals surface area (Å²) in [5, 5.41) is 2.86. The average Bonchev–Trinajstić information content (AvgIpc) is 2.63. The van der Waals surface area contributed by atoms with Gasteiger partial charge in [0, 0.05) is 17.2 Å². The maximum Gasteiger partial charge on any atom is 0.263 e. The first-order valence-electron chi connectivity index (χ1n) is 8.45. The molecule has 2 rings (SSSR count). The van der Waals surface area contributed by atoms with E-state index in [0.717, 1.165) is 22.1 Å². The molecule has 0 aliphatic carbocycles. The number of hydrogen-bond acceptors (Lipinski definition) is 3. The van der Waals surface area contributed by atoms with E-state index in [0.29, 0.717) is 5.75 Å². The molecule has 5 nitrogen and oxygen atoms in total. The number of halogens is 1. The molecule has 0 heterocycles. The van der Waals surface area contributed by atoms with Gasteiger partial charge in [-0.2, -0.15) is 0 Å². The van der Waals surface area contributed by atoms with E-state index in [1.807, 2.05) is 43.3 Å². The Kier molecular flexibility index (Phi) is 7.21. The molecule has 0 aliphatic rings. The maximum absolute atomic E-state index is 12.4. The number of rotatable bonds is 7. The van der Waals surface area contributed by atoms with Crippen LogP contribution in [0, 0.1) is 0 Å². The minimum atomic E-state index is -0.683. The van der Waals surface area contributed by atoms with Crippen molar-refractivity contribution in [2.24, 2.45) is 0 Å². The quantitative estimate of drug-likeness (QED) is 0.741. The van der Waals surface area contributed by atoms with Crippen LogP contribution in [0.3, 0.4) is 0 Å². The van der Waals surface area contributed by atoms with Gasteiger partial charge in [-0.3, -0.25) is 9.59 Å². The van der Waals surface area contributed by atoms with Crippen LogP contribution in [-0.2, 0) is 16.0 Å². The van der Waals surface area contributed by atoms with Crippen molar-refractivity contribution >= 4 is 33.4 Å². The second kappa shape index (κ2) is 9.38. The van der Waals surface area contributed by atoms with Gasteiger partial charge < -0.3 is 15.0 Å². The van der Waals surface area contributed by atoms with Gasteiger partial charge >= 0.3 is 0 Å². The van der Waals surface area contributed by atoms with E-state index in [9.17, 15) is 9.59 Å². The van der Waals surface area contributed by atoms with Crippen molar-refractivity contribution < 1.29 is 14.3 Å². The van der Waals surface area contributed by atoms with Crippen LogP contribution in [0.1, 0.15) is 19.4 Å². The number of carbonyl (C=O) groups excluding carboxylic acids is 2. The number of anilines is 1. The predicted molar refractivity (Wildman–Crippen MR) is 106 cm³/mol. The molecule has 26 heavy (non-hydrogen) atoms. The normalized spacial score (nSPS) is 11.5. The van der Waals surface area contributed by atoms with Crippen molar-refractivity contribution in [1.82, 2.24) is 4.90 Å². The van der Waals surface area contributed by atoms with Crippen molar-refractivity contribution in [1.29, 1.82) is 0 Å². The molecule has 2 aromatic carbocycles. The number of nitrogens with zero attached hydrogens (tertiary/aromatic N) is 1. The number of benzene rings is 2. The fraction of sp³-hybridized carbons (Fsp3) is 0.300. The number of nitrogens with one attached hydrogen (secondary N) is 1. The summed E-state index contributed by atoms with van der Waals surface area (Å²) in [6.45, 7) is 3.66. The van der Waals surface area contributed by atoms with Gasteiger partial charge in [0.2, 0.25) is 5.91 Å². The number of ether oxygens (including phenoxy) is 1. The molecular formula is C20H23BrN2O3. The molecule has 6 heteroatoms. The Balaban J connectivity index is 1.90. The highest BCUT2D eigenvalue weighted by Crippen LogP contribution is 2.18. The van der Waals surface area contributed by atoms with Crippen LogP contribution >= 0.6 is 15.9 Å². The second-order valence-electron chi connectivity index (χ2n) is 5.97. The molecular weight excluding hydrogens is 396 g/mol. The number of likely N-dealkylation sites (N-methyl/N-ethyl adjacent to an activating group) is 1. The third-order valence-electron chi connectivity index (χ3n) is 3.90. The van der Waals surface area contributed by atoms with Crippen molar-refractivity contribution in [2.75, 3.05) is 18.9 Å². The molecule has 0 fully saturated rings. The first kappa shape index (κ1) is 20.0. The van der Waals surface area contributed by atoms with Gasteiger partial charge in [-0.15, -0.1) is 0 Å². The highest BCUT2D eigenvalue weighted by Gasteiger charge is 2.21. The van der Waals surface area contributed by atoms with Gasteiger partial charge in [-0.05, 0) is 49.2 Å². The smallest absolute Gasteiger partial charge is 0.263 e. The molecule has 0 saturated carbocycles. The van der Waals surface area contributed by atoms with E-state index >= 15 is 0 Å². The Hall–Kier alpha value is -2.34. The summed E-state index contributed by atoms with van der Waals surface area (Å²) in [5.74, 6) is 0.105. The van der Waals surface area contributed by atoms with Crippen molar-refractivity contribution in [3.8, 4) is 5.75 Å². The highest BCUT2D eigenvalue weighted by atomic mass is 79.9. The van der Waals surface area contributed by atoms with Gasteiger partial charge in [-0.25, -0.2) is 0 Å². The second-order valence-corrected chi connectivity index (χ2v) is 6.88. The monoisotopic (exact) mass is 418 g/mol. The van der Waals surface area contributed by atoms with E-state index in [4.69, 9.17) is 4.74 Å². The number of aryl methyl sites for hydroxylation is 1. The van der Waals surface area contributed by atoms with Crippen molar-refractivity contribution in [2.45, 2.75) is 26.4 Å². The lowest BCUT2D eigenvalue weighted by Crippen LogP contribution is -2.42. The zero-order valence-corrected chi connectivity index (χ0v) is 16.7. The van der Waals surface area contributed by atoms with Crippen LogP contribution in [-0.4, -0.2) is 36.4 Å². The first-order chi connectivity index (χ1) is 12.4. The molecule has 0 radical (unpaired) electrons. The third kappa shape index (κ3) is 5.59. The fourth-order valence-electron chi connectivity index (χ4n) is 2.51. The van der Waals surface area contributed by atoms with Crippen LogP contribution in [0.5, 0.6) is 5.75 Å². The summed E-state index contributed by atoms with van der Waals surface area (Å²) >= 11 is 3.35. The molecule has 2 amide bonds. The Morgan fingerprint density at radius 1 is 1.15 bits per heavy atom. The molecule has 0 saturated heterocycles. The summed E-state index contributed by atoms with van der Waals surface area (Å²) in [6, 6.07) is 14.9. The molecule has 0 bridgehead atoms. The zero-order chi connectivity index (χ0) is 19.1. The van der Waals surface area contributed by atoms with Crippen LogP contribution in [0.15, 0.2) is 53.0 Å².